The number of nitrogens with two attached hydrogens (primary N) is 1. The molecule has 0 aromatic carbocycles. The number of nitrogens with zero attached hydrogens (tertiary/aromatic N) is 4. The minimum absolute atomic E-state index is 0. The van der Waals surface area contributed by atoms with E-state index in [9.17, 15) is 4.79 Å². The lowest BCUT2D eigenvalue weighted by atomic mass is 9.96. The van der Waals surface area contributed by atoms with Crippen LogP contribution in [0.1, 0.15) is 48.1 Å². The second-order valence-electron chi connectivity index (χ2n) is 6.76. The molecule has 138 valence electrons. The van der Waals surface area contributed by atoms with Crippen LogP contribution in [0.2, 0.25) is 0 Å². The van der Waals surface area contributed by atoms with Crippen molar-refractivity contribution >= 4 is 18.3 Å². The lowest BCUT2D eigenvalue weighted by Crippen LogP contribution is -2.51. The molecule has 1 aliphatic rings. The van der Waals surface area contributed by atoms with Crippen molar-refractivity contribution in [3.63, 3.8) is 0 Å². The molecule has 0 saturated carbocycles. The molecule has 2 aromatic heterocycles. The fourth-order valence-electron chi connectivity index (χ4n) is 3.61. The van der Waals surface area contributed by atoms with Gasteiger partial charge in [0.1, 0.15) is 5.69 Å². The number of amides is 1. The summed E-state index contributed by atoms with van der Waals surface area (Å²) in [5, 5.41) is 11.7. The molecule has 1 saturated heterocycles. The van der Waals surface area contributed by atoms with Crippen molar-refractivity contribution in [2.75, 3.05) is 6.54 Å². The van der Waals surface area contributed by atoms with Crippen molar-refractivity contribution in [3.05, 3.63) is 23.1 Å². The van der Waals surface area contributed by atoms with Crippen LogP contribution in [0.25, 0.3) is 11.3 Å². The van der Waals surface area contributed by atoms with Gasteiger partial charge in [0.25, 0.3) is 5.91 Å². The van der Waals surface area contributed by atoms with Gasteiger partial charge in [-0.2, -0.15) is 10.2 Å². The van der Waals surface area contributed by atoms with Gasteiger partial charge in [0, 0.05) is 36.9 Å². The Hall–Kier alpha value is -1.86. The second kappa shape index (κ2) is 7.58. The van der Waals surface area contributed by atoms with Crippen LogP contribution in [0.4, 0.5) is 0 Å². The highest BCUT2D eigenvalue weighted by atomic mass is 35.5. The molecule has 3 rings (SSSR count). The number of H-pyrrole nitrogens is 1. The highest BCUT2D eigenvalue weighted by Crippen LogP contribution is 2.26. The number of aryl methyl sites for hydroxylation is 2. The third kappa shape index (κ3) is 3.57. The molecule has 0 bridgehead atoms. The van der Waals surface area contributed by atoms with E-state index in [0.717, 1.165) is 48.5 Å². The van der Waals surface area contributed by atoms with Crippen LogP contribution in [0.15, 0.2) is 6.07 Å². The van der Waals surface area contributed by atoms with Crippen molar-refractivity contribution in [2.24, 2.45) is 12.8 Å². The minimum Gasteiger partial charge on any atom is -0.333 e. The number of halogens is 1. The van der Waals surface area contributed by atoms with Crippen molar-refractivity contribution in [1.29, 1.82) is 0 Å². The first-order valence-corrected chi connectivity index (χ1v) is 8.52. The number of likely N-dealkylation sites (tertiary alicyclic amines) is 1. The van der Waals surface area contributed by atoms with E-state index in [0.29, 0.717) is 5.69 Å². The third-order valence-electron chi connectivity index (χ3n) is 4.99. The maximum absolute atomic E-state index is 12.9. The summed E-state index contributed by atoms with van der Waals surface area (Å²) in [6.07, 6.45) is 3.11. The van der Waals surface area contributed by atoms with Gasteiger partial charge in [-0.15, -0.1) is 12.4 Å². The molecule has 0 aliphatic carbocycles. The molecule has 2 aromatic rings. The Labute approximate surface area is 154 Å². The number of aromatic amines is 1. The topological polar surface area (TPSA) is 92.8 Å². The Balaban J connectivity index is 0.00000225. The van der Waals surface area contributed by atoms with Crippen molar-refractivity contribution in [2.45, 2.75) is 52.1 Å². The molecule has 0 spiro atoms. The summed E-state index contributed by atoms with van der Waals surface area (Å²) >= 11 is 0. The first-order chi connectivity index (χ1) is 11.4. The normalized spacial score (nSPS) is 18.8. The summed E-state index contributed by atoms with van der Waals surface area (Å²) in [6, 6.07) is 1.89. The monoisotopic (exact) mass is 366 g/mol. The van der Waals surface area contributed by atoms with Crippen LogP contribution >= 0.6 is 12.4 Å². The maximum Gasteiger partial charge on any atom is 0.272 e. The Morgan fingerprint density at radius 1 is 1.40 bits per heavy atom. The van der Waals surface area contributed by atoms with Crippen LogP contribution in [0.3, 0.4) is 0 Å². The van der Waals surface area contributed by atoms with Gasteiger partial charge in [-0.1, -0.05) is 0 Å². The van der Waals surface area contributed by atoms with Crippen LogP contribution < -0.4 is 5.73 Å². The van der Waals surface area contributed by atoms with Gasteiger partial charge in [0.05, 0.1) is 11.4 Å². The SMILES string of the molecule is Cc1nn(C)c(C)c1-c1cc(C(=O)N2CCCCC2C(C)N)[nH]n1.Cl. The van der Waals surface area contributed by atoms with E-state index >= 15 is 0 Å². The fraction of sp³-hybridized carbons (Fsp3) is 0.588. The largest absolute Gasteiger partial charge is 0.333 e. The van der Waals surface area contributed by atoms with E-state index in [2.05, 4.69) is 15.3 Å². The summed E-state index contributed by atoms with van der Waals surface area (Å²) in [6.45, 7) is 6.68. The summed E-state index contributed by atoms with van der Waals surface area (Å²) in [4.78, 5) is 14.8. The predicted molar refractivity (Wildman–Crippen MR) is 99.8 cm³/mol. The van der Waals surface area contributed by atoms with Gasteiger partial charge >= 0.3 is 0 Å². The zero-order valence-electron chi connectivity index (χ0n) is 15.2. The van der Waals surface area contributed by atoms with Gasteiger partial charge in [-0.3, -0.25) is 14.6 Å². The molecule has 8 heteroatoms. The Morgan fingerprint density at radius 3 is 2.72 bits per heavy atom. The van der Waals surface area contributed by atoms with Gasteiger partial charge < -0.3 is 10.6 Å². The quantitative estimate of drug-likeness (QED) is 0.870. The lowest BCUT2D eigenvalue weighted by molar-refractivity contribution is 0.0577. The zero-order valence-corrected chi connectivity index (χ0v) is 16.1. The smallest absolute Gasteiger partial charge is 0.272 e. The highest BCUT2D eigenvalue weighted by Gasteiger charge is 2.31. The summed E-state index contributed by atoms with van der Waals surface area (Å²) < 4.78 is 1.83. The number of hydrogen-bond donors (Lipinski definition) is 2. The van der Waals surface area contributed by atoms with E-state index in [1.807, 2.05) is 43.5 Å². The fourth-order valence-corrected chi connectivity index (χ4v) is 3.61. The van der Waals surface area contributed by atoms with Crippen LogP contribution in [0.5, 0.6) is 0 Å². The Morgan fingerprint density at radius 2 is 2.12 bits per heavy atom. The standard InChI is InChI=1S/C17H26N6O.ClH/c1-10(18)15-7-5-6-8-23(15)17(24)14-9-13(19-20-14)16-11(2)21-22(4)12(16)3;/h9-10,15H,5-8,18H2,1-4H3,(H,19,20);1H. The number of rotatable bonds is 3. The highest BCUT2D eigenvalue weighted by molar-refractivity contribution is 5.94. The number of carbonyl (C=O) groups is 1. The maximum atomic E-state index is 12.9. The number of carbonyl (C=O) groups excluding carboxylic acids is 1. The zero-order chi connectivity index (χ0) is 17.4. The summed E-state index contributed by atoms with van der Waals surface area (Å²) in [5.74, 6) is -0.0186. The van der Waals surface area contributed by atoms with Crippen molar-refractivity contribution in [1.82, 2.24) is 24.9 Å². The molecule has 7 nitrogen and oxygen atoms in total. The number of nitrogens with one attached hydrogen (secondary N) is 1. The van der Waals surface area contributed by atoms with Crippen LogP contribution in [0, 0.1) is 13.8 Å². The first-order valence-electron chi connectivity index (χ1n) is 8.52. The van der Waals surface area contributed by atoms with Crippen LogP contribution in [-0.2, 0) is 7.05 Å². The summed E-state index contributed by atoms with van der Waals surface area (Å²) in [5.41, 5.74) is 10.3. The number of aromatic nitrogens is 4. The Kier molecular flexibility index (Phi) is 5.90. The Bertz CT molecular complexity index is 750. The van der Waals surface area contributed by atoms with E-state index in [4.69, 9.17) is 5.73 Å². The van der Waals surface area contributed by atoms with Gasteiger partial charge in [0.2, 0.25) is 0 Å². The van der Waals surface area contributed by atoms with Gasteiger partial charge in [-0.05, 0) is 46.1 Å². The number of piperidine rings is 1. The minimum atomic E-state index is -0.0283. The molecule has 0 radical (unpaired) electrons. The number of hydrogen-bond acceptors (Lipinski definition) is 4. The van der Waals surface area contributed by atoms with Crippen molar-refractivity contribution in [3.8, 4) is 11.3 Å². The molecule has 1 aliphatic heterocycles. The average molecular weight is 367 g/mol. The van der Waals surface area contributed by atoms with Crippen LogP contribution in [-0.4, -0.2) is 49.4 Å². The molecule has 1 fully saturated rings. The summed E-state index contributed by atoms with van der Waals surface area (Å²) in [7, 11) is 1.91. The van der Waals surface area contributed by atoms with E-state index in [1.165, 1.54) is 0 Å². The predicted octanol–water partition coefficient (Wildman–Crippen LogP) is 2.19. The second-order valence-corrected chi connectivity index (χ2v) is 6.76. The lowest BCUT2D eigenvalue weighted by Gasteiger charge is -2.37. The van der Waals surface area contributed by atoms with Gasteiger partial charge in [0.15, 0.2) is 0 Å². The molecular formula is C17H27ClN6O. The van der Waals surface area contributed by atoms with Crippen molar-refractivity contribution < 1.29 is 4.79 Å². The van der Waals surface area contributed by atoms with E-state index < -0.39 is 0 Å². The van der Waals surface area contributed by atoms with Gasteiger partial charge in [-0.25, -0.2) is 0 Å². The molecule has 2 atom stereocenters. The molecule has 2 unspecified atom stereocenters. The third-order valence-corrected chi connectivity index (χ3v) is 4.99. The van der Waals surface area contributed by atoms with E-state index in [-0.39, 0.29) is 30.4 Å². The average Bonchev–Trinajstić information content (AvgIpc) is 3.12. The van der Waals surface area contributed by atoms with E-state index in [1.54, 1.807) is 0 Å². The molecular weight excluding hydrogens is 340 g/mol. The molecule has 1 amide bonds. The molecule has 3 heterocycles. The molecule has 25 heavy (non-hydrogen) atoms. The molecule has 3 N–H and O–H groups in total. The first kappa shape index (κ1) is 19.5.